The topological polar surface area (TPSA) is 132 Å². The van der Waals surface area contributed by atoms with E-state index >= 15 is 0 Å². The van der Waals surface area contributed by atoms with Crippen LogP contribution in [0.15, 0.2) is 23.1 Å². The molecule has 8 nitrogen and oxygen atoms in total. The van der Waals surface area contributed by atoms with Gasteiger partial charge >= 0.3 is 0 Å². The first kappa shape index (κ1) is 14.1. The minimum absolute atomic E-state index is 0.0313. The van der Waals surface area contributed by atoms with Gasteiger partial charge in [0.15, 0.2) is 0 Å². The highest BCUT2D eigenvalue weighted by Gasteiger charge is 2.37. The van der Waals surface area contributed by atoms with Crippen LogP contribution in [0, 0.1) is 0 Å². The molecule has 0 aliphatic carbocycles. The number of aliphatic hydroxyl groups is 1. The molecule has 2 amide bonds. The van der Waals surface area contributed by atoms with Gasteiger partial charge in [0.05, 0.1) is 6.10 Å². The molecule has 0 saturated carbocycles. The molecule has 1 aliphatic rings. The van der Waals surface area contributed by atoms with E-state index in [4.69, 9.17) is 11.5 Å². The van der Waals surface area contributed by atoms with E-state index in [0.29, 0.717) is 5.69 Å². The van der Waals surface area contributed by atoms with Crippen molar-refractivity contribution < 1.29 is 14.7 Å². The van der Waals surface area contributed by atoms with Crippen LogP contribution in [0.5, 0.6) is 0 Å². The summed E-state index contributed by atoms with van der Waals surface area (Å²) < 4.78 is 1.15. The summed E-state index contributed by atoms with van der Waals surface area (Å²) in [6.45, 7) is -0.218. The van der Waals surface area contributed by atoms with Gasteiger partial charge in [-0.1, -0.05) is 0 Å². The van der Waals surface area contributed by atoms with E-state index in [-0.39, 0.29) is 25.1 Å². The maximum Gasteiger partial charge on any atom is 0.251 e. The number of aliphatic hydroxyl groups excluding tert-OH is 1. The fraction of sp³-hybridized carbons (Fsp3) is 0.417. The molecule has 1 aliphatic heterocycles. The number of carbonyl (C=O) groups is 2. The van der Waals surface area contributed by atoms with E-state index in [9.17, 15) is 19.5 Å². The normalized spacial score (nSPS) is 21.9. The van der Waals surface area contributed by atoms with Gasteiger partial charge in [0.25, 0.3) is 5.56 Å². The van der Waals surface area contributed by atoms with Crippen LogP contribution in [0.1, 0.15) is 6.42 Å². The first-order valence-corrected chi connectivity index (χ1v) is 6.11. The van der Waals surface area contributed by atoms with Crippen LogP contribution in [-0.2, 0) is 16.1 Å². The Morgan fingerprint density at radius 2 is 2.10 bits per heavy atom. The summed E-state index contributed by atoms with van der Waals surface area (Å²) in [7, 11) is 0. The standard InChI is InChI=1S/C12H16N4O4/c13-7-1-2-10(18)15(4-7)6-11(19)16-5-8(17)3-9(16)12(14)20/h1-2,4,8-9,17H,3,5-6,13H2,(H2,14,20). The molecule has 1 aromatic rings. The third-order valence-corrected chi connectivity index (χ3v) is 3.24. The van der Waals surface area contributed by atoms with Crippen LogP contribution < -0.4 is 17.0 Å². The quantitative estimate of drug-likeness (QED) is 0.582. The summed E-state index contributed by atoms with van der Waals surface area (Å²) >= 11 is 0. The van der Waals surface area contributed by atoms with Gasteiger partial charge < -0.3 is 26.0 Å². The van der Waals surface area contributed by atoms with Crippen molar-refractivity contribution in [2.24, 2.45) is 5.73 Å². The van der Waals surface area contributed by atoms with Crippen LogP contribution in [0.3, 0.4) is 0 Å². The summed E-state index contributed by atoms with van der Waals surface area (Å²) in [5, 5.41) is 9.54. The van der Waals surface area contributed by atoms with Crippen molar-refractivity contribution in [3.63, 3.8) is 0 Å². The van der Waals surface area contributed by atoms with E-state index in [1.165, 1.54) is 23.2 Å². The average molecular weight is 280 g/mol. The molecule has 0 spiro atoms. The molecule has 2 heterocycles. The Bertz CT molecular complexity index is 597. The molecule has 20 heavy (non-hydrogen) atoms. The number of pyridine rings is 1. The fourth-order valence-electron chi connectivity index (χ4n) is 2.27. The van der Waals surface area contributed by atoms with Crippen LogP contribution >= 0.6 is 0 Å². The average Bonchev–Trinajstić information content (AvgIpc) is 2.76. The van der Waals surface area contributed by atoms with Crippen molar-refractivity contribution in [3.05, 3.63) is 28.7 Å². The van der Waals surface area contributed by atoms with Crippen molar-refractivity contribution in [2.75, 3.05) is 12.3 Å². The smallest absolute Gasteiger partial charge is 0.251 e. The van der Waals surface area contributed by atoms with Crippen molar-refractivity contribution in [1.82, 2.24) is 9.47 Å². The molecular formula is C12H16N4O4. The van der Waals surface area contributed by atoms with Crippen molar-refractivity contribution in [2.45, 2.75) is 25.1 Å². The molecule has 8 heteroatoms. The molecule has 0 aromatic carbocycles. The number of anilines is 1. The fourth-order valence-corrected chi connectivity index (χ4v) is 2.27. The predicted octanol–water partition coefficient (Wildman–Crippen LogP) is -2.12. The van der Waals surface area contributed by atoms with E-state index in [1.54, 1.807) is 0 Å². The minimum Gasteiger partial charge on any atom is -0.398 e. The highest BCUT2D eigenvalue weighted by molar-refractivity contribution is 5.87. The van der Waals surface area contributed by atoms with Crippen molar-refractivity contribution >= 4 is 17.5 Å². The van der Waals surface area contributed by atoms with Crippen LogP contribution in [0.4, 0.5) is 5.69 Å². The number of hydrogen-bond acceptors (Lipinski definition) is 5. The molecule has 2 rings (SSSR count). The maximum absolute atomic E-state index is 12.1. The Labute approximate surface area is 114 Å². The first-order chi connectivity index (χ1) is 9.38. The molecule has 108 valence electrons. The maximum atomic E-state index is 12.1. The van der Waals surface area contributed by atoms with Gasteiger partial charge in [-0.25, -0.2) is 0 Å². The van der Waals surface area contributed by atoms with Crippen molar-refractivity contribution in [3.8, 4) is 0 Å². The molecule has 2 unspecified atom stereocenters. The summed E-state index contributed by atoms with van der Waals surface area (Å²) in [6.07, 6.45) is 0.688. The molecule has 5 N–H and O–H groups in total. The molecular weight excluding hydrogens is 264 g/mol. The van der Waals surface area contributed by atoms with Gasteiger partial charge in [-0.2, -0.15) is 0 Å². The Morgan fingerprint density at radius 1 is 1.40 bits per heavy atom. The minimum atomic E-state index is -0.839. The number of nitrogen functional groups attached to an aromatic ring is 1. The van der Waals surface area contributed by atoms with E-state index in [2.05, 4.69) is 0 Å². The third-order valence-electron chi connectivity index (χ3n) is 3.24. The first-order valence-electron chi connectivity index (χ1n) is 6.11. The third kappa shape index (κ3) is 2.80. The Kier molecular flexibility index (Phi) is 3.75. The summed E-state index contributed by atoms with van der Waals surface area (Å²) in [5.74, 6) is -1.13. The number of nitrogens with two attached hydrogens (primary N) is 2. The molecule has 0 radical (unpaired) electrons. The number of nitrogens with zero attached hydrogens (tertiary/aromatic N) is 2. The number of carbonyl (C=O) groups excluding carboxylic acids is 2. The Morgan fingerprint density at radius 3 is 2.75 bits per heavy atom. The monoisotopic (exact) mass is 280 g/mol. The molecule has 1 aromatic heterocycles. The Hall–Kier alpha value is -2.35. The summed E-state index contributed by atoms with van der Waals surface area (Å²) in [5.41, 5.74) is 10.7. The number of β-amino-alcohol motifs (C(OH)–C–C–N with tert-alkyl or cyclic N) is 1. The van der Waals surface area contributed by atoms with Crippen molar-refractivity contribution in [1.29, 1.82) is 0 Å². The zero-order valence-electron chi connectivity index (χ0n) is 10.7. The van der Waals surface area contributed by atoms with Gasteiger partial charge in [0.1, 0.15) is 12.6 Å². The van der Waals surface area contributed by atoms with Gasteiger partial charge in [0.2, 0.25) is 11.8 Å². The SMILES string of the molecule is NC(=O)C1CC(O)CN1C(=O)Cn1cc(N)ccc1=O. The number of rotatable bonds is 3. The van der Waals surface area contributed by atoms with Crippen LogP contribution in [-0.4, -0.2) is 45.1 Å². The highest BCUT2D eigenvalue weighted by atomic mass is 16.3. The molecule has 1 fully saturated rings. The second-order valence-corrected chi connectivity index (χ2v) is 4.78. The number of aromatic nitrogens is 1. The summed E-state index contributed by atoms with van der Waals surface area (Å²) in [4.78, 5) is 36.2. The lowest BCUT2D eigenvalue weighted by molar-refractivity contribution is -0.137. The molecule has 0 bridgehead atoms. The molecule has 2 atom stereocenters. The molecule has 1 saturated heterocycles. The second kappa shape index (κ2) is 5.33. The van der Waals surface area contributed by atoms with E-state index < -0.39 is 24.0 Å². The van der Waals surface area contributed by atoms with E-state index in [0.717, 1.165) is 4.57 Å². The zero-order valence-corrected chi connectivity index (χ0v) is 10.7. The number of primary amides is 1. The number of likely N-dealkylation sites (tertiary alicyclic amines) is 1. The largest absolute Gasteiger partial charge is 0.398 e. The number of hydrogen-bond donors (Lipinski definition) is 3. The summed E-state index contributed by atoms with van der Waals surface area (Å²) in [6, 6.07) is 1.86. The van der Waals surface area contributed by atoms with Gasteiger partial charge in [-0.05, 0) is 6.07 Å². The van der Waals surface area contributed by atoms with Gasteiger partial charge in [0, 0.05) is 30.9 Å². The Balaban J connectivity index is 2.17. The van der Waals surface area contributed by atoms with Gasteiger partial charge in [-0.3, -0.25) is 14.4 Å². The van der Waals surface area contributed by atoms with Crippen LogP contribution in [0.25, 0.3) is 0 Å². The predicted molar refractivity (Wildman–Crippen MR) is 70.4 cm³/mol. The van der Waals surface area contributed by atoms with Crippen LogP contribution in [0.2, 0.25) is 0 Å². The lowest BCUT2D eigenvalue weighted by Crippen LogP contribution is -2.45. The highest BCUT2D eigenvalue weighted by Crippen LogP contribution is 2.18. The second-order valence-electron chi connectivity index (χ2n) is 4.78. The lowest BCUT2D eigenvalue weighted by atomic mass is 10.2. The van der Waals surface area contributed by atoms with E-state index in [1.807, 2.05) is 0 Å². The number of amides is 2. The lowest BCUT2D eigenvalue weighted by Gasteiger charge is -2.22. The zero-order chi connectivity index (χ0) is 14.9. The van der Waals surface area contributed by atoms with Gasteiger partial charge in [-0.15, -0.1) is 0 Å².